The predicted molar refractivity (Wildman–Crippen MR) is 175 cm³/mol. The second kappa shape index (κ2) is 14.3. The third-order valence-corrected chi connectivity index (χ3v) is 11.2. The summed E-state index contributed by atoms with van der Waals surface area (Å²) in [6.45, 7) is 8.07. The Morgan fingerprint density at radius 1 is 1.16 bits per heavy atom. The Balaban J connectivity index is 1.55. The van der Waals surface area contributed by atoms with Crippen LogP contribution in [-0.4, -0.2) is 46.8 Å². The quantitative estimate of drug-likeness (QED) is 0.311. The molecule has 1 amide bonds. The number of rotatable bonds is 3. The number of hydrogen-bond acceptors (Lipinski definition) is 5. The molecule has 1 saturated carbocycles. The second-order valence-electron chi connectivity index (χ2n) is 12.3. The van der Waals surface area contributed by atoms with E-state index in [4.69, 9.17) is 16.3 Å². The Morgan fingerprint density at radius 2 is 2.00 bits per heavy atom. The van der Waals surface area contributed by atoms with Crippen molar-refractivity contribution in [2.24, 2.45) is 23.7 Å². The van der Waals surface area contributed by atoms with Crippen LogP contribution in [0, 0.1) is 35.5 Å². The number of ether oxygens (including phenoxy) is 1. The molecule has 2 bridgehead atoms. The average Bonchev–Trinajstić information content (AvgIpc) is 3.16. The summed E-state index contributed by atoms with van der Waals surface area (Å²) < 4.78 is 22.4. The standard InChI is InChI=1S/C35H43ClN2O4S/c1-4-7-26-18-30(36)13-15-32(26)29-21-38-20-28-11-14-31(28)25(10-6-17-39)9-5-8-23(2)24(3)43(41)37-35(40)27-12-16-34(42-22-29)33(38)19-27/h5,9,12-13,15-16,18-19,23-25,28-29,31,39H,4,7-8,11,14,17,20-22H2,1-3H3,(H,37,40)/b9-5+. The van der Waals surface area contributed by atoms with E-state index in [0.29, 0.717) is 24.0 Å². The van der Waals surface area contributed by atoms with Gasteiger partial charge in [-0.25, -0.2) is 4.21 Å². The first kappa shape index (κ1) is 31.6. The zero-order chi connectivity index (χ0) is 30.5. The van der Waals surface area contributed by atoms with Crippen molar-refractivity contribution < 1.29 is 18.8 Å². The topological polar surface area (TPSA) is 78.9 Å². The van der Waals surface area contributed by atoms with Crippen molar-refractivity contribution in [1.82, 2.24) is 4.72 Å². The number of amides is 1. The van der Waals surface area contributed by atoms with Gasteiger partial charge in [0.05, 0.1) is 17.5 Å². The van der Waals surface area contributed by atoms with Gasteiger partial charge in [-0.05, 0) is 91.8 Å². The van der Waals surface area contributed by atoms with Crippen LogP contribution in [0.4, 0.5) is 5.69 Å². The van der Waals surface area contributed by atoms with Gasteiger partial charge in [0.2, 0.25) is 0 Å². The van der Waals surface area contributed by atoms with E-state index in [0.717, 1.165) is 61.7 Å². The van der Waals surface area contributed by atoms with E-state index in [9.17, 15) is 14.1 Å². The second-order valence-corrected chi connectivity index (χ2v) is 14.2. The number of nitrogens with zero attached hydrogens (tertiary/aromatic N) is 1. The Hall–Kier alpha value is -2.79. The van der Waals surface area contributed by atoms with Gasteiger partial charge in [-0.15, -0.1) is 0 Å². The van der Waals surface area contributed by atoms with Gasteiger partial charge in [-0.2, -0.15) is 0 Å². The van der Waals surface area contributed by atoms with Crippen molar-refractivity contribution in [3.05, 3.63) is 70.3 Å². The van der Waals surface area contributed by atoms with Gasteiger partial charge in [0.1, 0.15) is 23.3 Å². The highest BCUT2D eigenvalue weighted by Crippen LogP contribution is 2.44. The smallest absolute Gasteiger partial charge is 0.263 e. The number of anilines is 1. The lowest BCUT2D eigenvalue weighted by Gasteiger charge is -2.43. The van der Waals surface area contributed by atoms with Gasteiger partial charge >= 0.3 is 0 Å². The number of carbonyl (C=O) groups is 1. The van der Waals surface area contributed by atoms with Gasteiger partial charge in [-0.3, -0.25) is 9.52 Å². The minimum absolute atomic E-state index is 0.0452. The number of aryl methyl sites for hydroxylation is 1. The molecule has 0 aromatic heterocycles. The van der Waals surface area contributed by atoms with Crippen LogP contribution in [0.25, 0.3) is 0 Å². The molecule has 2 heterocycles. The van der Waals surface area contributed by atoms with Crippen LogP contribution in [0.5, 0.6) is 5.75 Å². The van der Waals surface area contributed by atoms with E-state index >= 15 is 0 Å². The number of carbonyl (C=O) groups excluding carboxylic acids is 1. The van der Waals surface area contributed by atoms with E-state index in [1.54, 1.807) is 6.07 Å². The van der Waals surface area contributed by atoms with E-state index < -0.39 is 11.0 Å². The predicted octanol–water partition coefficient (Wildman–Crippen LogP) is 6.29. The molecule has 1 aliphatic carbocycles. The van der Waals surface area contributed by atoms with Crippen molar-refractivity contribution in [2.45, 2.75) is 64.0 Å². The van der Waals surface area contributed by atoms with E-state index in [1.165, 1.54) is 11.1 Å². The van der Waals surface area contributed by atoms with Crippen molar-refractivity contribution >= 4 is 34.2 Å². The molecule has 230 valence electrons. The maximum atomic E-state index is 13.3. The highest BCUT2D eigenvalue weighted by Gasteiger charge is 2.38. The maximum Gasteiger partial charge on any atom is 0.263 e. The molecular formula is C35H43ClN2O4S. The van der Waals surface area contributed by atoms with Gasteiger partial charge in [-0.1, -0.05) is 61.9 Å². The summed E-state index contributed by atoms with van der Waals surface area (Å²) in [6.07, 6.45) is 9.21. The minimum Gasteiger partial charge on any atom is -0.491 e. The van der Waals surface area contributed by atoms with E-state index in [2.05, 4.69) is 59.6 Å². The largest absolute Gasteiger partial charge is 0.491 e. The van der Waals surface area contributed by atoms with Crippen LogP contribution in [0.2, 0.25) is 5.02 Å². The molecule has 43 heavy (non-hydrogen) atoms. The van der Waals surface area contributed by atoms with Crippen LogP contribution in [0.3, 0.4) is 0 Å². The molecule has 7 unspecified atom stereocenters. The van der Waals surface area contributed by atoms with Crippen LogP contribution in [0.15, 0.2) is 48.6 Å². The molecule has 0 radical (unpaired) electrons. The summed E-state index contributed by atoms with van der Waals surface area (Å²) in [7, 11) is -1.54. The Morgan fingerprint density at radius 3 is 2.74 bits per heavy atom. The Kier molecular flexibility index (Phi) is 10.5. The summed E-state index contributed by atoms with van der Waals surface area (Å²) >= 11 is 6.41. The van der Waals surface area contributed by atoms with Crippen LogP contribution in [-0.2, 0) is 17.4 Å². The van der Waals surface area contributed by atoms with Crippen LogP contribution < -0.4 is 14.4 Å². The summed E-state index contributed by atoms with van der Waals surface area (Å²) in [5.41, 5.74) is 3.86. The van der Waals surface area contributed by atoms with Gasteiger partial charge in [0, 0.05) is 35.5 Å². The van der Waals surface area contributed by atoms with Crippen LogP contribution >= 0.6 is 11.6 Å². The Labute approximate surface area is 263 Å². The molecule has 8 heteroatoms. The normalized spacial score (nSPS) is 29.9. The number of aliphatic hydroxyl groups is 1. The number of fused-ring (bicyclic) bond motifs is 2. The zero-order valence-corrected chi connectivity index (χ0v) is 26.9. The summed E-state index contributed by atoms with van der Waals surface area (Å²) in [5, 5.41) is 9.99. The molecule has 2 aliphatic heterocycles. The van der Waals surface area contributed by atoms with Gasteiger partial charge in [0.25, 0.3) is 5.91 Å². The first-order valence-corrected chi connectivity index (χ1v) is 17.2. The third kappa shape index (κ3) is 7.30. The molecule has 2 N–H and O–H groups in total. The number of nitrogens with one attached hydrogen (secondary N) is 1. The third-order valence-electron chi connectivity index (χ3n) is 9.43. The number of hydrogen-bond donors (Lipinski definition) is 2. The summed E-state index contributed by atoms with van der Waals surface area (Å²) in [5.74, 6) is 7.69. The van der Waals surface area contributed by atoms with E-state index in [1.807, 2.05) is 25.1 Å². The number of halogens is 1. The minimum atomic E-state index is -1.54. The lowest BCUT2D eigenvalue weighted by Crippen LogP contribution is -2.42. The highest BCUT2D eigenvalue weighted by molar-refractivity contribution is 7.84. The first-order valence-electron chi connectivity index (χ1n) is 15.6. The van der Waals surface area contributed by atoms with Crippen molar-refractivity contribution in [3.63, 3.8) is 0 Å². The Bertz CT molecular complexity index is 1430. The fourth-order valence-corrected chi connectivity index (χ4v) is 7.79. The number of allylic oxidation sites excluding steroid dienone is 2. The molecular weight excluding hydrogens is 580 g/mol. The lowest BCUT2D eigenvalue weighted by molar-refractivity contribution is 0.0982. The molecule has 2 aromatic rings. The molecule has 7 atom stereocenters. The van der Waals surface area contributed by atoms with Crippen molar-refractivity contribution in [2.75, 3.05) is 31.2 Å². The monoisotopic (exact) mass is 622 g/mol. The molecule has 0 spiro atoms. The van der Waals surface area contributed by atoms with Gasteiger partial charge in [0.15, 0.2) is 0 Å². The molecule has 1 fully saturated rings. The summed E-state index contributed by atoms with van der Waals surface area (Å²) in [4.78, 5) is 15.7. The van der Waals surface area contributed by atoms with Gasteiger partial charge < -0.3 is 14.7 Å². The number of aliphatic hydroxyl groups excluding tert-OH is 1. The van der Waals surface area contributed by atoms with E-state index in [-0.39, 0.29) is 35.5 Å². The SMILES string of the molecule is CCCc1cc(Cl)ccc1C1COc2ccc3cc2N(C1)CC1CCC1C(C#CCO)/C=C/CC(C)C(C)S(=O)NC3=O. The lowest BCUT2D eigenvalue weighted by atomic mass is 9.66. The summed E-state index contributed by atoms with van der Waals surface area (Å²) in [6, 6.07) is 11.7. The maximum absolute atomic E-state index is 13.3. The first-order chi connectivity index (χ1) is 20.8. The van der Waals surface area contributed by atoms with Crippen molar-refractivity contribution in [1.29, 1.82) is 0 Å². The fourth-order valence-electron chi connectivity index (χ4n) is 6.58. The number of benzene rings is 2. The molecule has 2 aromatic carbocycles. The fraction of sp³-hybridized carbons (Fsp3) is 0.514. The highest BCUT2D eigenvalue weighted by atomic mass is 35.5. The van der Waals surface area contributed by atoms with Crippen molar-refractivity contribution in [3.8, 4) is 17.6 Å². The molecule has 0 saturated heterocycles. The molecule has 3 aliphatic rings. The molecule has 5 rings (SSSR count). The average molecular weight is 623 g/mol. The zero-order valence-electron chi connectivity index (χ0n) is 25.4. The molecule has 6 nitrogen and oxygen atoms in total. The van der Waals surface area contributed by atoms with Crippen LogP contribution in [0.1, 0.15) is 73.9 Å².